The van der Waals surface area contributed by atoms with Gasteiger partial charge in [0.2, 0.25) is 0 Å². The highest BCUT2D eigenvalue weighted by molar-refractivity contribution is 6.39. The van der Waals surface area contributed by atoms with Crippen LogP contribution in [0.25, 0.3) is 0 Å². The Labute approximate surface area is 166 Å². The first-order valence-corrected chi connectivity index (χ1v) is 10.1. The maximum absolute atomic E-state index is 12.5. The third-order valence-electron chi connectivity index (χ3n) is 5.45. The topological polar surface area (TPSA) is 83.0 Å². The predicted molar refractivity (Wildman–Crippen MR) is 108 cm³/mol. The van der Waals surface area contributed by atoms with Crippen molar-refractivity contribution in [1.82, 2.24) is 15.5 Å². The summed E-state index contributed by atoms with van der Waals surface area (Å²) >= 11 is 0. The van der Waals surface area contributed by atoms with E-state index in [1.807, 2.05) is 18.2 Å². The molecule has 1 fully saturated rings. The number of hydrogen-bond acceptors (Lipinski definition) is 4. The van der Waals surface area contributed by atoms with Crippen molar-refractivity contribution in [3.8, 4) is 0 Å². The van der Waals surface area contributed by atoms with E-state index >= 15 is 0 Å². The summed E-state index contributed by atoms with van der Waals surface area (Å²) in [6.45, 7) is 6.48. The summed E-state index contributed by atoms with van der Waals surface area (Å²) in [7, 11) is 0. The molecule has 2 atom stereocenters. The minimum absolute atomic E-state index is 0.0662. The van der Waals surface area contributed by atoms with Gasteiger partial charge in [-0.3, -0.25) is 4.79 Å². The standard InChI is InChI=1S/C21H30N4O3/c1-3-4-11-22-20(27)25-12-10-21(15-25)13-18(24-28-21)19(26)23-14-16(2)17-8-6-5-7-9-17/h5-9,16H,3-4,10-15H2,1-2H3,(H,22,27)(H,23,26)/t16-,21+/m0/s1. The van der Waals surface area contributed by atoms with Crippen LogP contribution >= 0.6 is 0 Å². The van der Waals surface area contributed by atoms with E-state index in [4.69, 9.17) is 4.84 Å². The van der Waals surface area contributed by atoms with Gasteiger partial charge in [-0.15, -0.1) is 0 Å². The molecule has 1 aromatic rings. The molecule has 0 aromatic heterocycles. The first-order chi connectivity index (χ1) is 13.5. The van der Waals surface area contributed by atoms with Crippen LogP contribution < -0.4 is 10.6 Å². The molecule has 0 aliphatic carbocycles. The lowest BCUT2D eigenvalue weighted by Crippen LogP contribution is -2.42. The van der Waals surface area contributed by atoms with Crippen LogP contribution in [0.3, 0.4) is 0 Å². The predicted octanol–water partition coefficient (Wildman–Crippen LogP) is 2.64. The minimum Gasteiger partial charge on any atom is -0.386 e. The Morgan fingerprint density at radius 1 is 1.29 bits per heavy atom. The summed E-state index contributed by atoms with van der Waals surface area (Å²) in [6.07, 6.45) is 3.14. The largest absolute Gasteiger partial charge is 0.386 e. The van der Waals surface area contributed by atoms with Gasteiger partial charge in [0.25, 0.3) is 5.91 Å². The van der Waals surface area contributed by atoms with Crippen LogP contribution in [0.1, 0.15) is 51.0 Å². The van der Waals surface area contributed by atoms with Gasteiger partial charge in [-0.2, -0.15) is 0 Å². The molecule has 2 heterocycles. The number of hydrogen-bond donors (Lipinski definition) is 2. The Morgan fingerprint density at radius 3 is 2.82 bits per heavy atom. The number of benzene rings is 1. The van der Waals surface area contributed by atoms with Crippen LogP contribution in [-0.4, -0.2) is 54.3 Å². The molecule has 2 aliphatic rings. The van der Waals surface area contributed by atoms with E-state index < -0.39 is 5.60 Å². The van der Waals surface area contributed by atoms with E-state index in [1.165, 1.54) is 5.56 Å². The minimum atomic E-state index is -0.556. The van der Waals surface area contributed by atoms with Crippen LogP contribution in [0, 0.1) is 0 Å². The van der Waals surface area contributed by atoms with E-state index in [0.29, 0.717) is 44.7 Å². The van der Waals surface area contributed by atoms with Crippen molar-refractivity contribution in [2.75, 3.05) is 26.2 Å². The summed E-state index contributed by atoms with van der Waals surface area (Å²) in [6, 6.07) is 10.0. The summed E-state index contributed by atoms with van der Waals surface area (Å²) in [4.78, 5) is 32.1. The van der Waals surface area contributed by atoms with Crippen LogP contribution in [0.15, 0.2) is 35.5 Å². The second-order valence-electron chi connectivity index (χ2n) is 7.77. The molecule has 1 spiro atoms. The van der Waals surface area contributed by atoms with E-state index in [0.717, 1.165) is 12.8 Å². The van der Waals surface area contributed by atoms with Crippen molar-refractivity contribution in [2.24, 2.45) is 5.16 Å². The average molecular weight is 386 g/mol. The van der Waals surface area contributed by atoms with Crippen molar-refractivity contribution < 1.29 is 14.4 Å². The molecule has 2 N–H and O–H groups in total. The Morgan fingerprint density at radius 2 is 2.07 bits per heavy atom. The maximum Gasteiger partial charge on any atom is 0.317 e. The molecule has 7 heteroatoms. The highest BCUT2D eigenvalue weighted by Crippen LogP contribution is 2.33. The smallest absolute Gasteiger partial charge is 0.317 e. The molecule has 28 heavy (non-hydrogen) atoms. The number of nitrogens with one attached hydrogen (secondary N) is 2. The van der Waals surface area contributed by atoms with Gasteiger partial charge in [0.05, 0.1) is 6.54 Å². The van der Waals surface area contributed by atoms with Gasteiger partial charge in [0.1, 0.15) is 5.71 Å². The number of unbranched alkanes of at least 4 members (excludes halogenated alkanes) is 1. The lowest BCUT2D eigenvalue weighted by Gasteiger charge is -2.22. The molecule has 1 aromatic carbocycles. The van der Waals surface area contributed by atoms with Crippen LogP contribution in [0.4, 0.5) is 4.79 Å². The van der Waals surface area contributed by atoms with Crippen molar-refractivity contribution in [2.45, 2.75) is 51.0 Å². The number of oxime groups is 1. The Kier molecular flexibility index (Phi) is 6.54. The van der Waals surface area contributed by atoms with Gasteiger partial charge >= 0.3 is 6.03 Å². The third-order valence-corrected chi connectivity index (χ3v) is 5.45. The van der Waals surface area contributed by atoms with E-state index in [-0.39, 0.29) is 17.9 Å². The normalized spacial score (nSPS) is 21.9. The fraction of sp³-hybridized carbons (Fsp3) is 0.571. The first-order valence-electron chi connectivity index (χ1n) is 10.1. The average Bonchev–Trinajstić information content (AvgIpc) is 3.34. The van der Waals surface area contributed by atoms with E-state index in [2.05, 4.69) is 41.8 Å². The number of rotatable bonds is 7. The summed E-state index contributed by atoms with van der Waals surface area (Å²) in [5.41, 5.74) is 1.04. The highest BCUT2D eigenvalue weighted by atomic mass is 16.7. The van der Waals surface area contributed by atoms with E-state index in [1.54, 1.807) is 4.90 Å². The van der Waals surface area contributed by atoms with Crippen molar-refractivity contribution in [3.63, 3.8) is 0 Å². The van der Waals surface area contributed by atoms with Crippen molar-refractivity contribution >= 4 is 17.6 Å². The number of carbonyl (C=O) groups excluding carboxylic acids is 2. The van der Waals surface area contributed by atoms with Crippen LogP contribution in [0.2, 0.25) is 0 Å². The molecule has 7 nitrogen and oxygen atoms in total. The third kappa shape index (κ3) is 4.82. The molecule has 0 unspecified atom stereocenters. The maximum atomic E-state index is 12.5. The molecule has 3 amide bonds. The van der Waals surface area contributed by atoms with Gasteiger partial charge in [-0.25, -0.2) is 4.79 Å². The van der Waals surface area contributed by atoms with Gasteiger partial charge in [-0.05, 0) is 17.9 Å². The second kappa shape index (κ2) is 9.08. The van der Waals surface area contributed by atoms with E-state index in [9.17, 15) is 9.59 Å². The zero-order valence-electron chi connectivity index (χ0n) is 16.7. The molecule has 0 radical (unpaired) electrons. The number of nitrogens with zero attached hydrogens (tertiary/aromatic N) is 2. The van der Waals surface area contributed by atoms with Crippen LogP contribution in [0.5, 0.6) is 0 Å². The first kappa shape index (κ1) is 20.2. The Balaban J connectivity index is 1.45. The number of carbonyl (C=O) groups is 2. The summed E-state index contributed by atoms with van der Waals surface area (Å²) in [5.74, 6) is 0.0290. The SMILES string of the molecule is CCCCNC(=O)N1CC[C@@]2(CC(C(=O)NC[C@H](C)c3ccccc3)=NO2)C1. The molecule has 0 bridgehead atoms. The Hall–Kier alpha value is -2.57. The fourth-order valence-electron chi connectivity index (χ4n) is 3.61. The number of amides is 3. The quantitative estimate of drug-likeness (QED) is 0.707. The fourth-order valence-corrected chi connectivity index (χ4v) is 3.61. The van der Waals surface area contributed by atoms with Crippen molar-refractivity contribution in [1.29, 1.82) is 0 Å². The number of urea groups is 1. The van der Waals surface area contributed by atoms with Crippen molar-refractivity contribution in [3.05, 3.63) is 35.9 Å². The zero-order valence-corrected chi connectivity index (χ0v) is 16.7. The molecular formula is C21H30N4O3. The van der Waals surface area contributed by atoms with Gasteiger partial charge in [0, 0.05) is 32.5 Å². The molecule has 2 aliphatic heterocycles. The Bertz CT molecular complexity index is 722. The van der Waals surface area contributed by atoms with Crippen LogP contribution in [-0.2, 0) is 9.63 Å². The highest BCUT2D eigenvalue weighted by Gasteiger charge is 2.47. The molecule has 3 rings (SSSR count). The zero-order chi connectivity index (χ0) is 20.0. The molecule has 1 saturated heterocycles. The molecular weight excluding hydrogens is 356 g/mol. The molecule has 0 saturated carbocycles. The lowest BCUT2D eigenvalue weighted by molar-refractivity contribution is -0.115. The number of likely N-dealkylation sites (tertiary alicyclic amines) is 1. The van der Waals surface area contributed by atoms with Gasteiger partial charge in [0.15, 0.2) is 5.60 Å². The van der Waals surface area contributed by atoms with Gasteiger partial charge in [-0.1, -0.05) is 55.8 Å². The molecule has 152 valence electrons. The summed E-state index contributed by atoms with van der Waals surface area (Å²) in [5, 5.41) is 9.92. The summed E-state index contributed by atoms with van der Waals surface area (Å²) < 4.78 is 0. The van der Waals surface area contributed by atoms with Gasteiger partial charge < -0.3 is 20.4 Å². The second-order valence-corrected chi connectivity index (χ2v) is 7.77. The lowest BCUT2D eigenvalue weighted by atomic mass is 9.96. The monoisotopic (exact) mass is 386 g/mol.